The van der Waals surface area contributed by atoms with Gasteiger partial charge < -0.3 is 5.32 Å². The Hall–Kier alpha value is -1.29. The SMILES string of the molecule is CCC(C)(C)CNc1c(Cl)cccc1[N+](=O)[O-]. The van der Waals surface area contributed by atoms with Gasteiger partial charge in [0.15, 0.2) is 0 Å². The largest absolute Gasteiger partial charge is 0.378 e. The van der Waals surface area contributed by atoms with Crippen molar-refractivity contribution >= 4 is 23.0 Å². The fourth-order valence-electron chi connectivity index (χ4n) is 1.29. The number of para-hydroxylation sites is 1. The lowest BCUT2D eigenvalue weighted by molar-refractivity contribution is -0.383. The van der Waals surface area contributed by atoms with Gasteiger partial charge in [-0.1, -0.05) is 38.4 Å². The molecule has 0 fully saturated rings. The van der Waals surface area contributed by atoms with Gasteiger partial charge in [-0.2, -0.15) is 0 Å². The Bertz CT molecular complexity index is 419. The molecule has 4 nitrogen and oxygen atoms in total. The van der Waals surface area contributed by atoms with Gasteiger partial charge in [0.05, 0.1) is 9.95 Å². The first kappa shape index (κ1) is 13.8. The van der Waals surface area contributed by atoms with Gasteiger partial charge in [0.1, 0.15) is 5.69 Å². The van der Waals surface area contributed by atoms with E-state index in [1.54, 1.807) is 12.1 Å². The summed E-state index contributed by atoms with van der Waals surface area (Å²) in [6, 6.07) is 4.68. The molecule has 17 heavy (non-hydrogen) atoms. The van der Waals surface area contributed by atoms with Gasteiger partial charge in [-0.25, -0.2) is 0 Å². The first-order valence-corrected chi connectivity index (χ1v) is 5.92. The van der Waals surface area contributed by atoms with Crippen molar-refractivity contribution in [3.63, 3.8) is 0 Å². The average Bonchev–Trinajstić information content (AvgIpc) is 2.27. The first-order chi connectivity index (χ1) is 7.87. The summed E-state index contributed by atoms with van der Waals surface area (Å²) in [4.78, 5) is 10.5. The zero-order valence-electron chi connectivity index (χ0n) is 10.3. The van der Waals surface area contributed by atoms with Crippen LogP contribution in [-0.4, -0.2) is 11.5 Å². The van der Waals surface area contributed by atoms with E-state index >= 15 is 0 Å². The molecule has 0 saturated heterocycles. The maximum absolute atomic E-state index is 10.9. The topological polar surface area (TPSA) is 55.2 Å². The fourth-order valence-corrected chi connectivity index (χ4v) is 1.53. The summed E-state index contributed by atoms with van der Waals surface area (Å²) in [6.45, 7) is 6.93. The number of nitro groups is 1. The van der Waals surface area contributed by atoms with E-state index in [1.807, 2.05) is 0 Å². The summed E-state index contributed by atoms with van der Waals surface area (Å²) in [6.07, 6.45) is 0.984. The molecule has 0 amide bonds. The van der Waals surface area contributed by atoms with Crippen molar-refractivity contribution < 1.29 is 4.92 Å². The van der Waals surface area contributed by atoms with Crippen LogP contribution < -0.4 is 5.32 Å². The van der Waals surface area contributed by atoms with Crippen LogP contribution in [0.15, 0.2) is 18.2 Å². The molecule has 0 spiro atoms. The highest BCUT2D eigenvalue weighted by Gasteiger charge is 2.20. The second-order valence-electron chi connectivity index (χ2n) is 4.76. The maximum Gasteiger partial charge on any atom is 0.293 e. The number of nitrogens with one attached hydrogen (secondary N) is 1. The molecule has 1 aromatic rings. The molecule has 0 aliphatic heterocycles. The molecule has 1 rings (SSSR count). The smallest absolute Gasteiger partial charge is 0.293 e. The number of anilines is 1. The number of rotatable bonds is 5. The van der Waals surface area contributed by atoms with Crippen molar-refractivity contribution in [3.05, 3.63) is 33.3 Å². The molecule has 0 unspecified atom stereocenters. The Balaban J connectivity index is 2.94. The first-order valence-electron chi connectivity index (χ1n) is 5.54. The highest BCUT2D eigenvalue weighted by molar-refractivity contribution is 6.33. The molecule has 0 aliphatic carbocycles. The third kappa shape index (κ3) is 3.60. The lowest BCUT2D eigenvalue weighted by Crippen LogP contribution is -2.22. The fraction of sp³-hybridized carbons (Fsp3) is 0.500. The van der Waals surface area contributed by atoms with Crippen molar-refractivity contribution in [1.82, 2.24) is 0 Å². The van der Waals surface area contributed by atoms with Crippen molar-refractivity contribution in [2.24, 2.45) is 5.41 Å². The summed E-state index contributed by atoms with van der Waals surface area (Å²) >= 11 is 5.98. The van der Waals surface area contributed by atoms with E-state index in [9.17, 15) is 10.1 Å². The van der Waals surface area contributed by atoms with Crippen LogP contribution in [0.3, 0.4) is 0 Å². The average molecular weight is 257 g/mol. The van der Waals surface area contributed by atoms with Crippen LogP contribution in [0.4, 0.5) is 11.4 Å². The summed E-state index contributed by atoms with van der Waals surface area (Å²) < 4.78 is 0. The third-order valence-corrected chi connectivity index (χ3v) is 3.20. The maximum atomic E-state index is 10.9. The lowest BCUT2D eigenvalue weighted by Gasteiger charge is -2.23. The van der Waals surface area contributed by atoms with E-state index in [-0.39, 0.29) is 11.1 Å². The summed E-state index contributed by atoms with van der Waals surface area (Å²) in [5.74, 6) is 0. The Kier molecular flexibility index (Phi) is 4.34. The normalized spacial score (nSPS) is 11.3. The van der Waals surface area contributed by atoms with E-state index in [4.69, 9.17) is 11.6 Å². The molecule has 0 aliphatic rings. The Morgan fingerprint density at radius 2 is 2.12 bits per heavy atom. The van der Waals surface area contributed by atoms with Gasteiger partial charge in [0.2, 0.25) is 0 Å². The van der Waals surface area contributed by atoms with E-state index in [0.29, 0.717) is 17.3 Å². The number of hydrogen-bond donors (Lipinski definition) is 1. The van der Waals surface area contributed by atoms with Crippen LogP contribution in [0.5, 0.6) is 0 Å². The van der Waals surface area contributed by atoms with Gasteiger partial charge >= 0.3 is 0 Å². The third-order valence-electron chi connectivity index (χ3n) is 2.89. The van der Waals surface area contributed by atoms with Crippen LogP contribution in [0.2, 0.25) is 5.02 Å². The molecule has 94 valence electrons. The minimum Gasteiger partial charge on any atom is -0.378 e. The second-order valence-corrected chi connectivity index (χ2v) is 5.17. The molecular formula is C12H17ClN2O2. The van der Waals surface area contributed by atoms with Crippen LogP contribution in [-0.2, 0) is 0 Å². The van der Waals surface area contributed by atoms with E-state index < -0.39 is 4.92 Å². The van der Waals surface area contributed by atoms with Crippen molar-refractivity contribution in [1.29, 1.82) is 0 Å². The standard InChI is InChI=1S/C12H17ClN2O2/c1-4-12(2,3)8-14-11-9(13)6-5-7-10(11)15(16)17/h5-7,14H,4,8H2,1-3H3. The second kappa shape index (κ2) is 5.36. The van der Waals surface area contributed by atoms with Crippen molar-refractivity contribution in [2.45, 2.75) is 27.2 Å². The molecule has 0 aromatic heterocycles. The predicted molar refractivity (Wildman–Crippen MR) is 70.7 cm³/mol. The molecule has 1 aromatic carbocycles. The number of halogens is 1. The lowest BCUT2D eigenvalue weighted by atomic mass is 9.90. The number of nitro benzene ring substituents is 1. The molecule has 1 N–H and O–H groups in total. The summed E-state index contributed by atoms with van der Waals surface area (Å²) in [5, 5.41) is 14.3. The molecule has 0 bridgehead atoms. The summed E-state index contributed by atoms with van der Waals surface area (Å²) in [7, 11) is 0. The Morgan fingerprint density at radius 3 is 2.65 bits per heavy atom. The monoisotopic (exact) mass is 256 g/mol. The van der Waals surface area contributed by atoms with Crippen molar-refractivity contribution in [2.75, 3.05) is 11.9 Å². The Morgan fingerprint density at radius 1 is 1.47 bits per heavy atom. The van der Waals surface area contributed by atoms with E-state index in [0.717, 1.165) is 6.42 Å². The minimum atomic E-state index is -0.423. The quantitative estimate of drug-likeness (QED) is 0.637. The van der Waals surface area contributed by atoms with Crippen LogP contribution in [0.1, 0.15) is 27.2 Å². The van der Waals surface area contributed by atoms with Gasteiger partial charge in [0.25, 0.3) is 5.69 Å². The molecule has 0 saturated carbocycles. The number of nitrogens with zero attached hydrogens (tertiary/aromatic N) is 1. The van der Waals surface area contributed by atoms with E-state index in [1.165, 1.54) is 6.07 Å². The highest BCUT2D eigenvalue weighted by Crippen LogP contribution is 2.33. The highest BCUT2D eigenvalue weighted by atomic mass is 35.5. The predicted octanol–water partition coefficient (Wildman–Crippen LogP) is 4.10. The van der Waals surface area contributed by atoms with Crippen LogP contribution >= 0.6 is 11.6 Å². The zero-order valence-corrected chi connectivity index (χ0v) is 11.0. The van der Waals surface area contributed by atoms with Gasteiger partial charge in [-0.3, -0.25) is 10.1 Å². The zero-order chi connectivity index (χ0) is 13.1. The molecular weight excluding hydrogens is 240 g/mol. The molecule has 0 heterocycles. The molecule has 5 heteroatoms. The van der Waals surface area contributed by atoms with Crippen LogP contribution in [0, 0.1) is 15.5 Å². The van der Waals surface area contributed by atoms with Gasteiger partial charge in [-0.15, -0.1) is 0 Å². The Labute approximate surface area is 106 Å². The van der Waals surface area contributed by atoms with E-state index in [2.05, 4.69) is 26.1 Å². The number of hydrogen-bond acceptors (Lipinski definition) is 3. The van der Waals surface area contributed by atoms with Gasteiger partial charge in [0, 0.05) is 12.6 Å². The minimum absolute atomic E-state index is 0.0180. The van der Waals surface area contributed by atoms with Crippen LogP contribution in [0.25, 0.3) is 0 Å². The van der Waals surface area contributed by atoms with Crippen molar-refractivity contribution in [3.8, 4) is 0 Å². The molecule has 0 atom stereocenters. The summed E-state index contributed by atoms with van der Waals surface area (Å²) in [5.41, 5.74) is 0.498. The number of benzene rings is 1. The van der Waals surface area contributed by atoms with Gasteiger partial charge in [-0.05, 0) is 17.9 Å². The molecule has 0 radical (unpaired) electrons.